The molecule has 1 aromatic carbocycles. The molecule has 4 nitrogen and oxygen atoms in total. The molecule has 0 saturated heterocycles. The normalized spacial score (nSPS) is 11.7. The molecule has 0 fully saturated rings. The first-order chi connectivity index (χ1) is 9.74. The molecule has 0 bridgehead atoms. The summed E-state index contributed by atoms with van der Waals surface area (Å²) < 4.78 is 40.2. The summed E-state index contributed by atoms with van der Waals surface area (Å²) in [6.45, 7) is 1.92. The second kappa shape index (κ2) is 6.10. The minimum Gasteiger partial charge on any atom is -0.326 e. The number of halogens is 3. The fourth-order valence-electron chi connectivity index (χ4n) is 1.72. The molecule has 2 rings (SSSR count). The van der Waals surface area contributed by atoms with E-state index >= 15 is 0 Å². The average Bonchev–Trinajstić information content (AvgIpc) is 2.76. The van der Waals surface area contributed by atoms with Crippen LogP contribution in [0.15, 0.2) is 23.1 Å². The highest BCUT2D eigenvalue weighted by atomic mass is 35.5. The van der Waals surface area contributed by atoms with Gasteiger partial charge in [-0.3, -0.25) is 4.72 Å². The van der Waals surface area contributed by atoms with Crippen molar-refractivity contribution in [2.24, 2.45) is 5.73 Å². The summed E-state index contributed by atoms with van der Waals surface area (Å²) in [6, 6.07) is 3.46. The molecule has 0 saturated carbocycles. The number of nitrogens with one attached hydrogen (secondary N) is 1. The molecule has 114 valence electrons. The molecular formula is C12H11Cl2FN2O2S2. The molecule has 3 N–H and O–H groups in total. The zero-order valence-corrected chi connectivity index (χ0v) is 13.9. The van der Waals surface area contributed by atoms with Crippen molar-refractivity contribution in [3.8, 4) is 0 Å². The van der Waals surface area contributed by atoms with Crippen molar-refractivity contribution in [3.63, 3.8) is 0 Å². The highest BCUT2D eigenvalue weighted by Gasteiger charge is 2.22. The summed E-state index contributed by atoms with van der Waals surface area (Å²) in [6.07, 6.45) is 0. The quantitative estimate of drug-likeness (QED) is 0.862. The largest absolute Gasteiger partial charge is 0.326 e. The Morgan fingerprint density at radius 1 is 1.29 bits per heavy atom. The molecule has 0 aliphatic carbocycles. The molecule has 9 heteroatoms. The second-order valence-electron chi connectivity index (χ2n) is 4.19. The van der Waals surface area contributed by atoms with Gasteiger partial charge in [-0.2, -0.15) is 0 Å². The molecule has 1 aromatic heterocycles. The van der Waals surface area contributed by atoms with Crippen LogP contribution in [0.25, 0.3) is 0 Å². The van der Waals surface area contributed by atoms with Gasteiger partial charge < -0.3 is 5.73 Å². The number of aryl methyl sites for hydroxylation is 1. The van der Waals surface area contributed by atoms with Gasteiger partial charge in [-0.25, -0.2) is 12.8 Å². The lowest BCUT2D eigenvalue weighted by atomic mass is 10.3. The van der Waals surface area contributed by atoms with Crippen LogP contribution in [0.2, 0.25) is 10.0 Å². The van der Waals surface area contributed by atoms with Gasteiger partial charge in [0, 0.05) is 16.3 Å². The highest BCUT2D eigenvalue weighted by molar-refractivity contribution is 7.93. The van der Waals surface area contributed by atoms with Gasteiger partial charge in [0.1, 0.15) is 10.7 Å². The molecule has 0 atom stereocenters. The zero-order valence-electron chi connectivity index (χ0n) is 10.8. The Hall–Kier alpha value is -0.860. The van der Waals surface area contributed by atoms with Crippen molar-refractivity contribution in [2.75, 3.05) is 4.72 Å². The van der Waals surface area contributed by atoms with E-state index in [1.807, 2.05) is 0 Å². The highest BCUT2D eigenvalue weighted by Crippen LogP contribution is 2.34. The number of hydrogen-bond donors (Lipinski definition) is 2. The van der Waals surface area contributed by atoms with E-state index < -0.39 is 15.8 Å². The number of anilines is 1. The van der Waals surface area contributed by atoms with E-state index in [2.05, 4.69) is 4.72 Å². The molecule has 0 aliphatic rings. The predicted octanol–water partition coefficient (Wildman–Crippen LogP) is 3.76. The summed E-state index contributed by atoms with van der Waals surface area (Å²) in [4.78, 5) is 1.44. The maximum Gasteiger partial charge on any atom is 0.263 e. The van der Waals surface area contributed by atoms with Gasteiger partial charge in [-0.05, 0) is 25.1 Å². The van der Waals surface area contributed by atoms with Gasteiger partial charge in [0.05, 0.1) is 15.7 Å². The molecule has 1 heterocycles. The monoisotopic (exact) mass is 368 g/mol. The predicted molar refractivity (Wildman–Crippen MR) is 84.2 cm³/mol. The van der Waals surface area contributed by atoms with E-state index in [-0.39, 0.29) is 27.2 Å². The molecule has 21 heavy (non-hydrogen) atoms. The van der Waals surface area contributed by atoms with E-state index in [0.717, 1.165) is 17.0 Å². The van der Waals surface area contributed by atoms with Crippen LogP contribution in [0.5, 0.6) is 0 Å². The first-order valence-electron chi connectivity index (χ1n) is 5.71. The van der Waals surface area contributed by atoms with E-state index in [9.17, 15) is 12.8 Å². The summed E-state index contributed by atoms with van der Waals surface area (Å²) in [7, 11) is -3.88. The number of hydrogen-bond acceptors (Lipinski definition) is 4. The Labute approximate surface area is 135 Å². The van der Waals surface area contributed by atoms with Gasteiger partial charge in [0.2, 0.25) is 0 Å². The minimum absolute atomic E-state index is 0.0559. The maximum absolute atomic E-state index is 13.1. The fourth-order valence-corrected chi connectivity index (χ4v) is 5.00. The van der Waals surface area contributed by atoms with Crippen LogP contribution in [0, 0.1) is 12.7 Å². The van der Waals surface area contributed by atoms with E-state index in [4.69, 9.17) is 28.9 Å². The molecule has 0 unspecified atom stereocenters. The van der Waals surface area contributed by atoms with Crippen LogP contribution in [-0.2, 0) is 16.6 Å². The summed E-state index contributed by atoms with van der Waals surface area (Å²) >= 11 is 13.0. The van der Waals surface area contributed by atoms with Crippen LogP contribution < -0.4 is 10.5 Å². The lowest BCUT2D eigenvalue weighted by Gasteiger charge is -2.11. The van der Waals surface area contributed by atoms with Crippen molar-refractivity contribution < 1.29 is 12.8 Å². The van der Waals surface area contributed by atoms with Gasteiger partial charge in [0.15, 0.2) is 0 Å². The van der Waals surface area contributed by atoms with Crippen molar-refractivity contribution in [1.82, 2.24) is 0 Å². The van der Waals surface area contributed by atoms with Gasteiger partial charge in [-0.15, -0.1) is 11.3 Å². The Kier molecular flexibility index (Phi) is 4.79. The van der Waals surface area contributed by atoms with Crippen molar-refractivity contribution in [1.29, 1.82) is 0 Å². The third-order valence-corrected chi connectivity index (χ3v) is 5.93. The number of nitrogens with two attached hydrogens (primary N) is 1. The number of thiophene rings is 1. The molecule has 0 aliphatic heterocycles. The smallest absolute Gasteiger partial charge is 0.263 e. The maximum atomic E-state index is 13.1. The van der Waals surface area contributed by atoms with Gasteiger partial charge >= 0.3 is 0 Å². The van der Waals surface area contributed by atoms with Crippen LogP contribution in [0.1, 0.15) is 9.75 Å². The first-order valence-corrected chi connectivity index (χ1v) is 8.77. The van der Waals surface area contributed by atoms with E-state index in [0.29, 0.717) is 4.88 Å². The Balaban J connectivity index is 2.44. The molecule has 0 amide bonds. The van der Waals surface area contributed by atoms with Crippen LogP contribution in [-0.4, -0.2) is 8.42 Å². The van der Waals surface area contributed by atoms with E-state index in [1.165, 1.54) is 17.4 Å². The zero-order chi connectivity index (χ0) is 15.8. The number of sulfonamides is 1. The van der Waals surface area contributed by atoms with Gasteiger partial charge in [0.25, 0.3) is 10.0 Å². The Bertz CT molecular complexity index is 768. The fraction of sp³-hybridized carbons (Fsp3) is 0.167. The number of benzene rings is 1. The van der Waals surface area contributed by atoms with Gasteiger partial charge in [-0.1, -0.05) is 23.2 Å². The Morgan fingerprint density at radius 3 is 2.33 bits per heavy atom. The second-order valence-corrected chi connectivity index (χ2v) is 7.99. The standard InChI is InChI=1S/C12H11Cl2FN2O2S2/c1-6-11(4-8(5-16)20-6)21(18,19)17-12-9(13)2-7(15)3-10(12)14/h2-4,17H,5,16H2,1H3. The molecule has 0 radical (unpaired) electrons. The third kappa shape index (κ3) is 3.49. The summed E-state index contributed by atoms with van der Waals surface area (Å²) in [5, 5.41) is -0.231. The first kappa shape index (κ1) is 16.5. The molecular weight excluding hydrogens is 358 g/mol. The average molecular weight is 369 g/mol. The Morgan fingerprint density at radius 2 is 1.86 bits per heavy atom. The van der Waals surface area contributed by atoms with Crippen molar-refractivity contribution >= 4 is 50.2 Å². The third-order valence-electron chi connectivity index (χ3n) is 2.66. The summed E-state index contributed by atoms with van der Waals surface area (Å²) in [5.41, 5.74) is 5.45. The van der Waals surface area contributed by atoms with Crippen molar-refractivity contribution in [3.05, 3.63) is 43.8 Å². The van der Waals surface area contributed by atoms with Crippen LogP contribution >= 0.6 is 34.5 Å². The van der Waals surface area contributed by atoms with Crippen LogP contribution in [0.4, 0.5) is 10.1 Å². The SMILES string of the molecule is Cc1sc(CN)cc1S(=O)(=O)Nc1c(Cl)cc(F)cc1Cl. The molecule has 2 aromatic rings. The van der Waals surface area contributed by atoms with E-state index in [1.54, 1.807) is 6.92 Å². The van der Waals surface area contributed by atoms with Crippen LogP contribution in [0.3, 0.4) is 0 Å². The summed E-state index contributed by atoms with van der Waals surface area (Å²) in [5.74, 6) is -0.648. The topological polar surface area (TPSA) is 72.2 Å². The molecule has 0 spiro atoms. The lowest BCUT2D eigenvalue weighted by Crippen LogP contribution is -2.14. The number of rotatable bonds is 4. The minimum atomic E-state index is -3.88. The lowest BCUT2D eigenvalue weighted by molar-refractivity contribution is 0.601. The van der Waals surface area contributed by atoms with Crippen molar-refractivity contribution in [2.45, 2.75) is 18.4 Å².